The van der Waals surface area contributed by atoms with Gasteiger partial charge in [0.25, 0.3) is 5.69 Å². The maximum atomic E-state index is 11.1. The minimum Gasteiger partial charge on any atom is -0.494 e. The minimum absolute atomic E-state index is 0.0662. The molecule has 6 heteroatoms. The molecule has 1 fully saturated rings. The number of rotatable bonds is 5. The molecule has 1 aliphatic heterocycles. The molecule has 1 unspecified atom stereocenters. The molecule has 1 aromatic rings. The van der Waals surface area contributed by atoms with Gasteiger partial charge >= 0.3 is 0 Å². The van der Waals surface area contributed by atoms with E-state index >= 15 is 0 Å². The lowest BCUT2D eigenvalue weighted by Crippen LogP contribution is -2.38. The first kappa shape index (κ1) is 13.6. The molecular formula is C13H19N3O3. The first-order valence-corrected chi connectivity index (χ1v) is 6.59. The molecule has 0 spiro atoms. The zero-order valence-electron chi connectivity index (χ0n) is 11.0. The number of nitro groups is 1. The molecule has 0 amide bonds. The van der Waals surface area contributed by atoms with Crippen LogP contribution in [0.3, 0.4) is 0 Å². The third-order valence-corrected chi connectivity index (χ3v) is 3.13. The Hall–Kier alpha value is -1.82. The second-order valence-corrected chi connectivity index (χ2v) is 4.56. The maximum absolute atomic E-state index is 11.1. The summed E-state index contributed by atoms with van der Waals surface area (Å²) in [7, 11) is 0. The molecule has 1 aliphatic rings. The van der Waals surface area contributed by atoms with E-state index in [1.165, 1.54) is 6.07 Å². The van der Waals surface area contributed by atoms with Gasteiger partial charge in [-0.2, -0.15) is 0 Å². The fourth-order valence-electron chi connectivity index (χ4n) is 2.24. The minimum atomic E-state index is -0.374. The van der Waals surface area contributed by atoms with Gasteiger partial charge in [0.2, 0.25) is 0 Å². The molecule has 104 valence electrons. The number of nitro benzene ring substituents is 1. The van der Waals surface area contributed by atoms with Crippen LogP contribution in [0.25, 0.3) is 0 Å². The van der Waals surface area contributed by atoms with Crippen molar-refractivity contribution in [2.75, 3.05) is 25.0 Å². The summed E-state index contributed by atoms with van der Waals surface area (Å²) in [6, 6.07) is 5.19. The summed E-state index contributed by atoms with van der Waals surface area (Å²) >= 11 is 0. The van der Waals surface area contributed by atoms with Gasteiger partial charge in [0.15, 0.2) is 0 Å². The molecule has 6 nitrogen and oxygen atoms in total. The Morgan fingerprint density at radius 1 is 1.58 bits per heavy atom. The summed E-state index contributed by atoms with van der Waals surface area (Å²) in [6.45, 7) is 4.20. The monoisotopic (exact) mass is 265 g/mol. The Morgan fingerprint density at radius 2 is 2.42 bits per heavy atom. The van der Waals surface area contributed by atoms with Gasteiger partial charge in [0, 0.05) is 12.6 Å². The number of nitrogens with zero attached hydrogens (tertiary/aromatic N) is 1. The second-order valence-electron chi connectivity index (χ2n) is 4.56. The van der Waals surface area contributed by atoms with Crippen LogP contribution in [-0.4, -0.2) is 30.7 Å². The summed E-state index contributed by atoms with van der Waals surface area (Å²) in [5.74, 6) is 0.529. The van der Waals surface area contributed by atoms with Crippen molar-refractivity contribution in [2.45, 2.75) is 25.8 Å². The number of nitrogens with one attached hydrogen (secondary N) is 2. The van der Waals surface area contributed by atoms with Crippen LogP contribution in [0.15, 0.2) is 18.2 Å². The van der Waals surface area contributed by atoms with E-state index in [1.807, 2.05) is 6.92 Å². The molecule has 19 heavy (non-hydrogen) atoms. The van der Waals surface area contributed by atoms with Crippen molar-refractivity contribution in [1.29, 1.82) is 0 Å². The van der Waals surface area contributed by atoms with Gasteiger partial charge in [-0.15, -0.1) is 0 Å². The molecule has 2 rings (SSSR count). The van der Waals surface area contributed by atoms with E-state index in [1.54, 1.807) is 12.1 Å². The molecule has 1 aromatic carbocycles. The number of hydrogen-bond donors (Lipinski definition) is 2. The highest BCUT2D eigenvalue weighted by molar-refractivity contribution is 5.64. The summed E-state index contributed by atoms with van der Waals surface area (Å²) < 4.78 is 5.30. The standard InChI is InChI=1S/C13H19N3O3/c1-2-19-11-5-6-12(13(8-11)16(17)18)15-10-4-3-7-14-9-10/h5-6,8,10,14-15H,2-4,7,9H2,1H3. The molecule has 0 bridgehead atoms. The highest BCUT2D eigenvalue weighted by Crippen LogP contribution is 2.30. The molecule has 1 heterocycles. The maximum Gasteiger partial charge on any atom is 0.296 e. The molecule has 1 saturated heterocycles. The lowest BCUT2D eigenvalue weighted by atomic mass is 10.1. The summed E-state index contributed by atoms with van der Waals surface area (Å²) in [5, 5.41) is 17.6. The third kappa shape index (κ3) is 3.57. The van der Waals surface area contributed by atoms with Gasteiger partial charge in [0.1, 0.15) is 11.4 Å². The van der Waals surface area contributed by atoms with Crippen LogP contribution in [0.5, 0.6) is 5.75 Å². The van der Waals surface area contributed by atoms with Crippen molar-refractivity contribution in [1.82, 2.24) is 5.32 Å². The van der Waals surface area contributed by atoms with Crippen molar-refractivity contribution < 1.29 is 9.66 Å². The van der Waals surface area contributed by atoms with E-state index in [4.69, 9.17) is 4.74 Å². The van der Waals surface area contributed by atoms with Gasteiger partial charge in [-0.05, 0) is 38.4 Å². The van der Waals surface area contributed by atoms with Crippen LogP contribution in [0.1, 0.15) is 19.8 Å². The summed E-state index contributed by atoms with van der Waals surface area (Å²) in [5.41, 5.74) is 0.624. The predicted octanol–water partition coefficient (Wildman–Crippen LogP) is 2.16. The van der Waals surface area contributed by atoms with Crippen LogP contribution in [0.2, 0.25) is 0 Å². The first-order valence-electron chi connectivity index (χ1n) is 6.59. The molecule has 0 saturated carbocycles. The van der Waals surface area contributed by atoms with Crippen molar-refractivity contribution >= 4 is 11.4 Å². The van der Waals surface area contributed by atoms with Crippen molar-refractivity contribution in [3.8, 4) is 5.75 Å². The number of piperidine rings is 1. The average molecular weight is 265 g/mol. The fourth-order valence-corrected chi connectivity index (χ4v) is 2.24. The zero-order chi connectivity index (χ0) is 13.7. The summed E-state index contributed by atoms with van der Waals surface area (Å²) in [6.07, 6.45) is 2.11. The SMILES string of the molecule is CCOc1ccc(NC2CCCNC2)c([N+](=O)[O-])c1. The van der Waals surface area contributed by atoms with Crippen LogP contribution in [-0.2, 0) is 0 Å². The number of benzene rings is 1. The lowest BCUT2D eigenvalue weighted by Gasteiger charge is -2.24. The smallest absolute Gasteiger partial charge is 0.296 e. The number of ether oxygens (including phenoxy) is 1. The molecule has 0 aliphatic carbocycles. The number of hydrogen-bond acceptors (Lipinski definition) is 5. The van der Waals surface area contributed by atoms with Crippen LogP contribution in [0, 0.1) is 10.1 Å². The highest BCUT2D eigenvalue weighted by Gasteiger charge is 2.19. The Labute approximate surface area is 112 Å². The van der Waals surface area contributed by atoms with E-state index in [0.29, 0.717) is 18.0 Å². The lowest BCUT2D eigenvalue weighted by molar-refractivity contribution is -0.384. The zero-order valence-corrected chi connectivity index (χ0v) is 11.0. The van der Waals surface area contributed by atoms with Gasteiger partial charge in [-0.25, -0.2) is 0 Å². The Kier molecular flexibility index (Phi) is 4.57. The van der Waals surface area contributed by atoms with E-state index in [2.05, 4.69) is 10.6 Å². The van der Waals surface area contributed by atoms with Crippen LogP contribution < -0.4 is 15.4 Å². The van der Waals surface area contributed by atoms with Gasteiger partial charge < -0.3 is 15.4 Å². The van der Waals surface area contributed by atoms with Gasteiger partial charge in [-0.1, -0.05) is 0 Å². The van der Waals surface area contributed by atoms with Crippen molar-refractivity contribution in [3.05, 3.63) is 28.3 Å². The Balaban J connectivity index is 2.15. The van der Waals surface area contributed by atoms with Crippen molar-refractivity contribution in [2.24, 2.45) is 0 Å². The van der Waals surface area contributed by atoms with Crippen molar-refractivity contribution in [3.63, 3.8) is 0 Å². The van der Waals surface area contributed by atoms with E-state index in [9.17, 15) is 10.1 Å². The second kappa shape index (κ2) is 6.38. The first-order chi connectivity index (χ1) is 9.20. The van der Waals surface area contributed by atoms with E-state index < -0.39 is 0 Å². The fraction of sp³-hybridized carbons (Fsp3) is 0.538. The Morgan fingerprint density at radius 3 is 3.05 bits per heavy atom. The normalized spacial score (nSPS) is 18.9. The summed E-state index contributed by atoms with van der Waals surface area (Å²) in [4.78, 5) is 10.7. The van der Waals surface area contributed by atoms with Crippen LogP contribution in [0.4, 0.5) is 11.4 Å². The molecule has 0 radical (unpaired) electrons. The highest BCUT2D eigenvalue weighted by atomic mass is 16.6. The largest absolute Gasteiger partial charge is 0.494 e. The quantitative estimate of drug-likeness (QED) is 0.630. The molecule has 0 aromatic heterocycles. The third-order valence-electron chi connectivity index (χ3n) is 3.13. The topological polar surface area (TPSA) is 76.4 Å². The average Bonchev–Trinajstić information content (AvgIpc) is 2.42. The number of anilines is 1. The van der Waals surface area contributed by atoms with E-state index in [-0.39, 0.29) is 16.7 Å². The predicted molar refractivity (Wildman–Crippen MR) is 73.8 cm³/mol. The van der Waals surface area contributed by atoms with Gasteiger partial charge in [-0.3, -0.25) is 10.1 Å². The Bertz CT molecular complexity index is 445. The van der Waals surface area contributed by atoms with Gasteiger partial charge in [0.05, 0.1) is 17.6 Å². The van der Waals surface area contributed by atoms with Crippen LogP contribution >= 0.6 is 0 Å². The molecular weight excluding hydrogens is 246 g/mol. The molecule has 2 N–H and O–H groups in total. The van der Waals surface area contributed by atoms with E-state index in [0.717, 1.165) is 25.9 Å². The molecule has 1 atom stereocenters.